The van der Waals surface area contributed by atoms with E-state index in [1.807, 2.05) is 36.5 Å². The summed E-state index contributed by atoms with van der Waals surface area (Å²) in [6.07, 6.45) is 7.22. The van der Waals surface area contributed by atoms with Gasteiger partial charge in [0.2, 0.25) is 0 Å². The number of benzene rings is 1. The third kappa shape index (κ3) is 7.32. The number of rotatable bonds is 11. The molecule has 6 nitrogen and oxygen atoms in total. The summed E-state index contributed by atoms with van der Waals surface area (Å²) >= 11 is 0. The number of carbonyl (C=O) groups is 1. The largest absolute Gasteiger partial charge is 0.491 e. The molecule has 1 aromatic heterocycles. The summed E-state index contributed by atoms with van der Waals surface area (Å²) in [6, 6.07) is 9.95. The first-order chi connectivity index (χ1) is 16.0. The van der Waals surface area contributed by atoms with Crippen LogP contribution in [-0.2, 0) is 9.53 Å². The number of fused-ring (bicyclic) bond motifs is 1. The number of unbranched alkanes of at least 4 members (excludes halogenated alkanes) is 1. The normalized spacial score (nSPS) is 13.8. The first-order valence-electron chi connectivity index (χ1n) is 12.0. The first kappa shape index (κ1) is 24.8. The fourth-order valence-corrected chi connectivity index (χ4v) is 3.93. The molecule has 6 heteroatoms. The van der Waals surface area contributed by atoms with Gasteiger partial charge in [0.1, 0.15) is 18.2 Å². The lowest BCUT2D eigenvalue weighted by atomic mass is 10.00. The van der Waals surface area contributed by atoms with Crippen molar-refractivity contribution in [1.29, 1.82) is 0 Å². The number of ether oxygens (including phenoxy) is 2. The van der Waals surface area contributed by atoms with Crippen LogP contribution in [0.1, 0.15) is 52.0 Å². The van der Waals surface area contributed by atoms with Crippen molar-refractivity contribution >= 4 is 17.9 Å². The average molecular weight is 453 g/mol. The van der Waals surface area contributed by atoms with Gasteiger partial charge in [-0.2, -0.15) is 0 Å². The smallest absolute Gasteiger partial charge is 0.331 e. The minimum atomic E-state index is -0.858. The zero-order chi connectivity index (χ0) is 23.6. The molecule has 33 heavy (non-hydrogen) atoms. The molecule has 0 radical (unpaired) electrons. The standard InChI is InChI=1S/C27H36N2O4/c1-4-5-13-32-14-15-33-25-10-8-21(9-11-25)24-17-23-16-22(27(30)31)7-6-12-29(19-20(2)3)26(23)28-18-24/h8-11,16-18,20H,4-7,12-15,19H2,1-3H3,(H,30,31). The Hall–Kier alpha value is -2.86. The molecule has 1 N–H and O–H groups in total. The Morgan fingerprint density at radius 3 is 2.64 bits per heavy atom. The van der Waals surface area contributed by atoms with Crippen LogP contribution in [0.3, 0.4) is 0 Å². The van der Waals surface area contributed by atoms with Crippen LogP contribution in [0.15, 0.2) is 42.1 Å². The summed E-state index contributed by atoms with van der Waals surface area (Å²) < 4.78 is 11.3. The van der Waals surface area contributed by atoms with Gasteiger partial charge in [-0.3, -0.25) is 0 Å². The number of aromatic nitrogens is 1. The number of anilines is 1. The molecule has 1 aliphatic rings. The molecule has 0 saturated carbocycles. The van der Waals surface area contributed by atoms with E-state index in [9.17, 15) is 9.90 Å². The third-order valence-corrected chi connectivity index (χ3v) is 5.59. The van der Waals surface area contributed by atoms with Crippen molar-refractivity contribution in [1.82, 2.24) is 4.98 Å². The summed E-state index contributed by atoms with van der Waals surface area (Å²) in [7, 11) is 0. The van der Waals surface area contributed by atoms with Gasteiger partial charge in [0.15, 0.2) is 0 Å². The van der Waals surface area contributed by atoms with E-state index >= 15 is 0 Å². The Labute approximate surface area is 197 Å². The second-order valence-electron chi connectivity index (χ2n) is 8.89. The highest BCUT2D eigenvalue weighted by atomic mass is 16.5. The van der Waals surface area contributed by atoms with Gasteiger partial charge in [-0.1, -0.05) is 39.3 Å². The second-order valence-corrected chi connectivity index (χ2v) is 8.89. The van der Waals surface area contributed by atoms with Crippen LogP contribution in [0, 0.1) is 5.92 Å². The van der Waals surface area contributed by atoms with E-state index in [-0.39, 0.29) is 0 Å². The number of nitrogens with zero attached hydrogens (tertiary/aromatic N) is 2. The Morgan fingerprint density at radius 2 is 1.94 bits per heavy atom. The van der Waals surface area contributed by atoms with E-state index in [0.717, 1.165) is 67.2 Å². The van der Waals surface area contributed by atoms with E-state index in [0.29, 0.717) is 31.1 Å². The summed E-state index contributed by atoms with van der Waals surface area (Å²) in [6.45, 7) is 10.1. The topological polar surface area (TPSA) is 71.9 Å². The molecule has 2 aromatic rings. The molecule has 3 rings (SSSR count). The van der Waals surface area contributed by atoms with Crippen molar-refractivity contribution in [3.63, 3.8) is 0 Å². The third-order valence-electron chi connectivity index (χ3n) is 5.59. The molecule has 0 spiro atoms. The van der Waals surface area contributed by atoms with Crippen LogP contribution >= 0.6 is 0 Å². The zero-order valence-electron chi connectivity index (χ0n) is 20.0. The molecule has 0 unspecified atom stereocenters. The minimum absolute atomic E-state index is 0.435. The highest BCUT2D eigenvalue weighted by Gasteiger charge is 2.19. The zero-order valence-corrected chi connectivity index (χ0v) is 20.0. The Kier molecular flexibility index (Phi) is 9.31. The molecule has 0 amide bonds. The molecule has 0 atom stereocenters. The van der Waals surface area contributed by atoms with Gasteiger partial charge < -0.3 is 19.5 Å². The Balaban J connectivity index is 1.78. The van der Waals surface area contributed by atoms with Gasteiger partial charge in [-0.05, 0) is 55.0 Å². The lowest BCUT2D eigenvalue weighted by Gasteiger charge is -2.29. The summed E-state index contributed by atoms with van der Waals surface area (Å²) in [5.74, 6) is 1.29. The van der Waals surface area contributed by atoms with Crippen molar-refractivity contribution in [3.05, 3.63) is 47.7 Å². The first-order valence-corrected chi connectivity index (χ1v) is 12.0. The van der Waals surface area contributed by atoms with Crippen molar-refractivity contribution in [3.8, 4) is 16.9 Å². The van der Waals surface area contributed by atoms with Crippen LogP contribution in [0.25, 0.3) is 17.2 Å². The predicted molar refractivity (Wildman–Crippen MR) is 133 cm³/mol. The van der Waals surface area contributed by atoms with Crippen molar-refractivity contribution < 1.29 is 19.4 Å². The van der Waals surface area contributed by atoms with E-state index in [1.54, 1.807) is 6.08 Å². The van der Waals surface area contributed by atoms with Crippen molar-refractivity contribution in [2.45, 2.75) is 46.5 Å². The summed E-state index contributed by atoms with van der Waals surface area (Å²) in [5.41, 5.74) is 3.26. The molecule has 1 aliphatic heterocycles. The Bertz CT molecular complexity index is 938. The van der Waals surface area contributed by atoms with E-state index < -0.39 is 5.97 Å². The summed E-state index contributed by atoms with van der Waals surface area (Å²) in [4.78, 5) is 18.8. The Morgan fingerprint density at radius 1 is 1.15 bits per heavy atom. The van der Waals surface area contributed by atoms with E-state index in [1.165, 1.54) is 0 Å². The molecule has 2 heterocycles. The predicted octanol–water partition coefficient (Wildman–Crippen LogP) is 5.67. The van der Waals surface area contributed by atoms with Gasteiger partial charge in [0, 0.05) is 42.6 Å². The van der Waals surface area contributed by atoms with Crippen LogP contribution in [0.4, 0.5) is 5.82 Å². The minimum Gasteiger partial charge on any atom is -0.491 e. The van der Waals surface area contributed by atoms with Crippen LogP contribution < -0.4 is 9.64 Å². The number of hydrogen-bond acceptors (Lipinski definition) is 5. The van der Waals surface area contributed by atoms with E-state index in [2.05, 4.69) is 25.7 Å². The molecule has 0 fully saturated rings. The van der Waals surface area contributed by atoms with E-state index in [4.69, 9.17) is 14.5 Å². The highest BCUT2D eigenvalue weighted by Crippen LogP contribution is 2.31. The molecule has 0 saturated heterocycles. The van der Waals surface area contributed by atoms with Gasteiger partial charge in [0.25, 0.3) is 0 Å². The SMILES string of the molecule is CCCCOCCOc1ccc(-c2cnc3c(c2)C=C(C(=O)O)CCCN3CC(C)C)cc1. The molecule has 178 valence electrons. The molecule has 0 bridgehead atoms. The monoisotopic (exact) mass is 452 g/mol. The number of aliphatic carboxylic acids is 1. The maximum Gasteiger partial charge on any atom is 0.331 e. The summed E-state index contributed by atoms with van der Waals surface area (Å²) in [5, 5.41) is 9.61. The fraction of sp³-hybridized carbons (Fsp3) is 0.481. The van der Waals surface area contributed by atoms with Crippen LogP contribution in [-0.4, -0.2) is 49.0 Å². The molecule has 0 aliphatic carbocycles. The fourth-order valence-electron chi connectivity index (χ4n) is 3.93. The number of pyridine rings is 1. The van der Waals surface area contributed by atoms with Crippen molar-refractivity contribution in [2.75, 3.05) is 37.8 Å². The molecular weight excluding hydrogens is 416 g/mol. The van der Waals surface area contributed by atoms with Gasteiger partial charge >= 0.3 is 5.97 Å². The molecule has 1 aromatic carbocycles. The van der Waals surface area contributed by atoms with Crippen molar-refractivity contribution in [2.24, 2.45) is 5.92 Å². The van der Waals surface area contributed by atoms with Gasteiger partial charge in [-0.25, -0.2) is 9.78 Å². The maximum absolute atomic E-state index is 11.7. The average Bonchev–Trinajstić information content (AvgIpc) is 2.78. The quantitative estimate of drug-likeness (QED) is 0.443. The van der Waals surface area contributed by atoms with Gasteiger partial charge in [0.05, 0.1) is 6.61 Å². The highest BCUT2D eigenvalue weighted by molar-refractivity contribution is 5.93. The second kappa shape index (κ2) is 12.4. The van der Waals surface area contributed by atoms with Gasteiger partial charge in [-0.15, -0.1) is 0 Å². The molecular formula is C27H36N2O4. The number of hydrogen-bond donors (Lipinski definition) is 1. The van der Waals surface area contributed by atoms with Crippen LogP contribution in [0.5, 0.6) is 5.75 Å². The number of carboxylic acids is 1. The van der Waals surface area contributed by atoms with Crippen LogP contribution in [0.2, 0.25) is 0 Å². The lowest BCUT2D eigenvalue weighted by Crippen LogP contribution is -2.31. The lowest BCUT2D eigenvalue weighted by molar-refractivity contribution is -0.132. The number of carboxylic acid groups (broad SMARTS) is 1. The maximum atomic E-state index is 11.7.